The van der Waals surface area contributed by atoms with Gasteiger partial charge in [-0.05, 0) is 43.4 Å². The lowest BCUT2D eigenvalue weighted by Crippen LogP contribution is -2.33. The Morgan fingerprint density at radius 1 is 1.55 bits per heavy atom. The van der Waals surface area contributed by atoms with Crippen LogP contribution in [0.5, 0.6) is 5.75 Å². The SMILES string of the molecule is Cc1ccc(Cl)c(OCC(=O)N2CCC(CCO)C2)c1. The van der Waals surface area contributed by atoms with E-state index < -0.39 is 0 Å². The average Bonchev–Trinajstić information content (AvgIpc) is 2.88. The number of benzene rings is 1. The number of ether oxygens (including phenoxy) is 1. The maximum absolute atomic E-state index is 12.1. The summed E-state index contributed by atoms with van der Waals surface area (Å²) < 4.78 is 5.51. The molecule has 5 heteroatoms. The minimum Gasteiger partial charge on any atom is -0.482 e. The summed E-state index contributed by atoms with van der Waals surface area (Å²) in [5, 5.41) is 9.43. The van der Waals surface area contributed by atoms with Gasteiger partial charge in [-0.15, -0.1) is 0 Å². The lowest BCUT2D eigenvalue weighted by Gasteiger charge is -2.17. The fourth-order valence-electron chi connectivity index (χ4n) is 2.43. The quantitative estimate of drug-likeness (QED) is 0.907. The van der Waals surface area contributed by atoms with E-state index in [9.17, 15) is 4.79 Å². The van der Waals surface area contributed by atoms with E-state index in [0.717, 1.165) is 24.9 Å². The van der Waals surface area contributed by atoms with Crippen LogP contribution in [-0.4, -0.2) is 42.2 Å². The van der Waals surface area contributed by atoms with Crippen LogP contribution >= 0.6 is 11.6 Å². The fraction of sp³-hybridized carbons (Fsp3) is 0.533. The van der Waals surface area contributed by atoms with Crippen LogP contribution in [0.2, 0.25) is 5.02 Å². The topological polar surface area (TPSA) is 49.8 Å². The van der Waals surface area contributed by atoms with Crippen molar-refractivity contribution >= 4 is 17.5 Å². The molecule has 1 N–H and O–H groups in total. The van der Waals surface area contributed by atoms with Crippen molar-refractivity contribution in [3.8, 4) is 5.75 Å². The first kappa shape index (κ1) is 15.1. The van der Waals surface area contributed by atoms with Crippen molar-refractivity contribution in [2.24, 2.45) is 5.92 Å². The first-order chi connectivity index (χ1) is 9.60. The molecule has 1 atom stereocenters. The standard InChI is InChI=1S/C15H20ClNO3/c1-11-2-3-13(16)14(8-11)20-10-15(19)17-6-4-12(9-17)5-7-18/h2-3,8,12,18H,4-7,9-10H2,1H3. The van der Waals surface area contributed by atoms with Crippen molar-refractivity contribution in [1.29, 1.82) is 0 Å². The van der Waals surface area contributed by atoms with Crippen LogP contribution in [0, 0.1) is 12.8 Å². The van der Waals surface area contributed by atoms with Gasteiger partial charge >= 0.3 is 0 Å². The molecule has 1 unspecified atom stereocenters. The van der Waals surface area contributed by atoms with Crippen LogP contribution in [0.25, 0.3) is 0 Å². The number of aliphatic hydroxyl groups is 1. The molecule has 0 spiro atoms. The number of carbonyl (C=O) groups is 1. The van der Waals surface area contributed by atoms with E-state index in [4.69, 9.17) is 21.4 Å². The second kappa shape index (κ2) is 6.95. The van der Waals surface area contributed by atoms with Crippen LogP contribution in [0.4, 0.5) is 0 Å². The van der Waals surface area contributed by atoms with Crippen molar-refractivity contribution in [3.63, 3.8) is 0 Å². The highest BCUT2D eigenvalue weighted by Gasteiger charge is 2.25. The minimum absolute atomic E-state index is 0.00895. The first-order valence-corrected chi connectivity index (χ1v) is 7.25. The van der Waals surface area contributed by atoms with E-state index in [1.54, 1.807) is 11.0 Å². The second-order valence-electron chi connectivity index (χ2n) is 5.23. The Hall–Kier alpha value is -1.26. The summed E-state index contributed by atoms with van der Waals surface area (Å²) in [6, 6.07) is 5.50. The van der Waals surface area contributed by atoms with Crippen molar-refractivity contribution < 1.29 is 14.6 Å². The molecule has 20 heavy (non-hydrogen) atoms. The van der Waals surface area contributed by atoms with Crippen LogP contribution in [0.15, 0.2) is 18.2 Å². The Bertz CT molecular complexity index is 478. The number of likely N-dealkylation sites (tertiary alicyclic amines) is 1. The molecule has 0 aliphatic carbocycles. The summed E-state index contributed by atoms with van der Waals surface area (Å²) in [5.74, 6) is 0.931. The van der Waals surface area contributed by atoms with Crippen LogP contribution < -0.4 is 4.74 Å². The molecule has 2 rings (SSSR count). The van der Waals surface area contributed by atoms with E-state index in [-0.39, 0.29) is 19.1 Å². The zero-order chi connectivity index (χ0) is 14.5. The Morgan fingerprint density at radius 3 is 3.10 bits per heavy atom. The van der Waals surface area contributed by atoms with E-state index in [1.165, 1.54) is 0 Å². The Labute approximate surface area is 124 Å². The molecular weight excluding hydrogens is 278 g/mol. The Kier molecular flexibility index (Phi) is 5.26. The van der Waals surface area contributed by atoms with Gasteiger partial charge in [0.15, 0.2) is 6.61 Å². The normalized spacial score (nSPS) is 18.4. The van der Waals surface area contributed by atoms with Crippen LogP contribution in [-0.2, 0) is 4.79 Å². The minimum atomic E-state index is -0.0250. The number of halogens is 1. The number of carbonyl (C=O) groups excluding carboxylic acids is 1. The molecular formula is C15H20ClNO3. The smallest absolute Gasteiger partial charge is 0.260 e. The molecule has 0 radical (unpaired) electrons. The molecule has 1 saturated heterocycles. The number of aliphatic hydroxyl groups excluding tert-OH is 1. The van der Waals surface area contributed by atoms with E-state index in [2.05, 4.69) is 0 Å². The summed E-state index contributed by atoms with van der Waals surface area (Å²) in [4.78, 5) is 13.9. The predicted octanol–water partition coefficient (Wildman–Crippen LogP) is 2.26. The maximum atomic E-state index is 12.1. The number of rotatable bonds is 5. The summed E-state index contributed by atoms with van der Waals surface area (Å²) >= 11 is 6.03. The molecule has 110 valence electrons. The van der Waals surface area contributed by atoms with Crippen LogP contribution in [0.1, 0.15) is 18.4 Å². The predicted molar refractivity (Wildman–Crippen MR) is 78.1 cm³/mol. The average molecular weight is 298 g/mol. The van der Waals surface area contributed by atoms with Gasteiger partial charge in [0.2, 0.25) is 0 Å². The van der Waals surface area contributed by atoms with E-state index >= 15 is 0 Å². The third-order valence-corrected chi connectivity index (χ3v) is 3.93. The Morgan fingerprint density at radius 2 is 2.35 bits per heavy atom. The highest BCUT2D eigenvalue weighted by atomic mass is 35.5. The number of amides is 1. The van der Waals surface area contributed by atoms with Gasteiger partial charge in [-0.3, -0.25) is 4.79 Å². The summed E-state index contributed by atoms with van der Waals surface area (Å²) in [5.41, 5.74) is 1.04. The molecule has 1 amide bonds. The number of nitrogens with zero attached hydrogens (tertiary/aromatic N) is 1. The van der Waals surface area contributed by atoms with Crippen molar-refractivity contribution in [1.82, 2.24) is 4.90 Å². The maximum Gasteiger partial charge on any atom is 0.260 e. The van der Waals surface area contributed by atoms with Gasteiger partial charge in [-0.25, -0.2) is 0 Å². The van der Waals surface area contributed by atoms with Gasteiger partial charge in [0.1, 0.15) is 5.75 Å². The van der Waals surface area contributed by atoms with E-state index in [0.29, 0.717) is 23.2 Å². The van der Waals surface area contributed by atoms with Gasteiger partial charge in [0, 0.05) is 19.7 Å². The molecule has 0 aromatic heterocycles. The zero-order valence-electron chi connectivity index (χ0n) is 11.6. The summed E-state index contributed by atoms with van der Waals surface area (Å²) in [6.45, 7) is 3.60. The van der Waals surface area contributed by atoms with Gasteiger partial charge in [0.25, 0.3) is 5.91 Å². The van der Waals surface area contributed by atoms with Gasteiger partial charge in [0.05, 0.1) is 5.02 Å². The van der Waals surface area contributed by atoms with Crippen LogP contribution in [0.3, 0.4) is 0 Å². The molecule has 1 aromatic rings. The molecule has 4 nitrogen and oxygen atoms in total. The first-order valence-electron chi connectivity index (χ1n) is 6.87. The van der Waals surface area contributed by atoms with Gasteiger partial charge in [-0.1, -0.05) is 17.7 Å². The van der Waals surface area contributed by atoms with Crippen molar-refractivity contribution in [3.05, 3.63) is 28.8 Å². The van der Waals surface area contributed by atoms with Gasteiger partial charge < -0.3 is 14.7 Å². The zero-order valence-corrected chi connectivity index (χ0v) is 12.4. The lowest BCUT2D eigenvalue weighted by molar-refractivity contribution is -0.132. The second-order valence-corrected chi connectivity index (χ2v) is 5.64. The highest BCUT2D eigenvalue weighted by molar-refractivity contribution is 6.32. The largest absolute Gasteiger partial charge is 0.482 e. The molecule has 1 aromatic carbocycles. The van der Waals surface area contributed by atoms with Gasteiger partial charge in [-0.2, -0.15) is 0 Å². The third kappa shape index (κ3) is 3.87. The van der Waals surface area contributed by atoms with E-state index in [1.807, 2.05) is 19.1 Å². The molecule has 1 fully saturated rings. The summed E-state index contributed by atoms with van der Waals surface area (Å²) in [7, 11) is 0. The molecule has 1 aliphatic heterocycles. The molecule has 1 heterocycles. The summed E-state index contributed by atoms with van der Waals surface area (Å²) in [6.07, 6.45) is 1.71. The van der Waals surface area contributed by atoms with Crippen molar-refractivity contribution in [2.45, 2.75) is 19.8 Å². The lowest BCUT2D eigenvalue weighted by atomic mass is 10.1. The monoisotopic (exact) mass is 297 g/mol. The van der Waals surface area contributed by atoms with Crippen molar-refractivity contribution in [2.75, 3.05) is 26.3 Å². The highest BCUT2D eigenvalue weighted by Crippen LogP contribution is 2.25. The molecule has 1 aliphatic rings. The molecule has 0 bridgehead atoms. The number of aryl methyl sites for hydroxylation is 1. The Balaban J connectivity index is 1.85. The fourth-order valence-corrected chi connectivity index (χ4v) is 2.60. The third-order valence-electron chi connectivity index (χ3n) is 3.61. The molecule has 0 saturated carbocycles. The number of hydrogen-bond donors (Lipinski definition) is 1. The number of hydrogen-bond acceptors (Lipinski definition) is 3.